The number of hydrogen-bond acceptors (Lipinski definition) is 4. The number of piperazine rings is 1. The average molecular weight is 443 g/mol. The Morgan fingerprint density at radius 1 is 1.03 bits per heavy atom. The molecule has 2 heterocycles. The van der Waals surface area contributed by atoms with Crippen LogP contribution in [0.15, 0.2) is 29.3 Å². The Morgan fingerprint density at radius 3 is 2.44 bits per heavy atom. The molecule has 0 aromatic heterocycles. The maximum atomic E-state index is 12.6. The molecule has 2 N–H and O–H groups in total. The number of carbonyl (C=O) groups excluding carboxylic acids is 2. The molecule has 0 spiro atoms. The second kappa shape index (κ2) is 11.9. The molecular weight excluding hydrogens is 404 g/mol. The first kappa shape index (κ1) is 24.0. The molecule has 1 fully saturated rings. The Kier molecular flexibility index (Phi) is 8.90. The zero-order valence-corrected chi connectivity index (χ0v) is 19.8. The van der Waals surface area contributed by atoms with E-state index in [1.165, 1.54) is 11.1 Å². The molecule has 0 radical (unpaired) electrons. The van der Waals surface area contributed by atoms with Crippen molar-refractivity contribution >= 4 is 17.8 Å². The molecule has 1 aromatic carbocycles. The molecule has 32 heavy (non-hydrogen) atoms. The molecule has 0 atom stereocenters. The Hall–Kier alpha value is -2.61. The maximum absolute atomic E-state index is 12.6. The molecule has 176 valence electrons. The van der Waals surface area contributed by atoms with E-state index in [1.807, 2.05) is 24.8 Å². The Morgan fingerprint density at radius 2 is 1.75 bits per heavy atom. The van der Waals surface area contributed by atoms with E-state index in [4.69, 9.17) is 0 Å². The predicted molar refractivity (Wildman–Crippen MR) is 127 cm³/mol. The van der Waals surface area contributed by atoms with Crippen molar-refractivity contribution in [2.24, 2.45) is 4.99 Å². The Bertz CT molecular complexity index is 801. The van der Waals surface area contributed by atoms with Gasteiger partial charge in [0.15, 0.2) is 5.96 Å². The molecule has 2 amide bonds. The standard InChI is InChI=1S/C24H38N6O2/c1-19(2)27-22(31)18-28-13-15-29(16-14-28)24(25-3)26-11-6-9-23(32)30-12-10-20-7-4-5-8-21(20)17-30/h4-5,7-8,19H,6,9-18H2,1-3H3,(H,25,26)(H,27,31). The molecule has 0 unspecified atom stereocenters. The number of nitrogens with one attached hydrogen (secondary N) is 2. The van der Waals surface area contributed by atoms with Gasteiger partial charge in [0.2, 0.25) is 11.8 Å². The summed E-state index contributed by atoms with van der Waals surface area (Å²) in [6.07, 6.45) is 2.27. The zero-order valence-electron chi connectivity index (χ0n) is 19.8. The molecule has 3 rings (SSSR count). The van der Waals surface area contributed by atoms with Gasteiger partial charge in [-0.3, -0.25) is 19.5 Å². The third-order valence-electron chi connectivity index (χ3n) is 6.03. The fraction of sp³-hybridized carbons (Fsp3) is 0.625. The van der Waals surface area contributed by atoms with Gasteiger partial charge in [0.1, 0.15) is 0 Å². The highest BCUT2D eigenvalue weighted by Crippen LogP contribution is 2.19. The van der Waals surface area contributed by atoms with Crippen LogP contribution in [0, 0.1) is 0 Å². The van der Waals surface area contributed by atoms with Gasteiger partial charge in [-0.25, -0.2) is 0 Å². The van der Waals surface area contributed by atoms with E-state index in [9.17, 15) is 9.59 Å². The summed E-state index contributed by atoms with van der Waals surface area (Å²) in [5.41, 5.74) is 2.63. The summed E-state index contributed by atoms with van der Waals surface area (Å²) in [5, 5.41) is 6.35. The summed E-state index contributed by atoms with van der Waals surface area (Å²) < 4.78 is 0. The highest BCUT2D eigenvalue weighted by Gasteiger charge is 2.22. The van der Waals surface area contributed by atoms with Crippen LogP contribution in [0.2, 0.25) is 0 Å². The second-order valence-electron chi connectivity index (χ2n) is 8.90. The van der Waals surface area contributed by atoms with Crippen LogP contribution in [-0.2, 0) is 22.6 Å². The van der Waals surface area contributed by atoms with E-state index in [1.54, 1.807) is 7.05 Å². The summed E-state index contributed by atoms with van der Waals surface area (Å²) in [5.74, 6) is 1.18. The van der Waals surface area contributed by atoms with Crippen LogP contribution < -0.4 is 10.6 Å². The fourth-order valence-corrected chi connectivity index (χ4v) is 4.33. The molecule has 8 nitrogen and oxygen atoms in total. The van der Waals surface area contributed by atoms with Crippen molar-refractivity contribution in [2.75, 3.05) is 52.9 Å². The number of aliphatic imine (C=N–C) groups is 1. The van der Waals surface area contributed by atoms with Crippen molar-refractivity contribution in [1.29, 1.82) is 0 Å². The number of guanidine groups is 1. The first-order valence-electron chi connectivity index (χ1n) is 11.8. The number of nitrogens with zero attached hydrogens (tertiary/aromatic N) is 4. The quantitative estimate of drug-likeness (QED) is 0.375. The number of rotatable bonds is 7. The molecule has 2 aliphatic rings. The van der Waals surface area contributed by atoms with Crippen LogP contribution in [0.4, 0.5) is 0 Å². The van der Waals surface area contributed by atoms with Gasteiger partial charge in [-0.15, -0.1) is 0 Å². The topological polar surface area (TPSA) is 80.3 Å². The van der Waals surface area contributed by atoms with Crippen molar-refractivity contribution < 1.29 is 9.59 Å². The zero-order chi connectivity index (χ0) is 22.9. The lowest BCUT2D eigenvalue weighted by Gasteiger charge is -2.36. The molecule has 1 saturated heterocycles. The highest BCUT2D eigenvalue weighted by molar-refractivity contribution is 5.80. The SMILES string of the molecule is CN=C(NCCCC(=O)N1CCc2ccccc2C1)N1CCN(CC(=O)NC(C)C)CC1. The lowest BCUT2D eigenvalue weighted by molar-refractivity contribution is -0.132. The molecular formula is C24H38N6O2. The molecule has 0 bridgehead atoms. The van der Waals surface area contributed by atoms with Crippen molar-refractivity contribution in [3.8, 4) is 0 Å². The van der Waals surface area contributed by atoms with Crippen molar-refractivity contribution in [1.82, 2.24) is 25.3 Å². The first-order valence-corrected chi connectivity index (χ1v) is 11.8. The third kappa shape index (κ3) is 6.95. The van der Waals surface area contributed by atoms with Crippen molar-refractivity contribution in [3.05, 3.63) is 35.4 Å². The van der Waals surface area contributed by atoms with Crippen LogP contribution in [0.3, 0.4) is 0 Å². The van der Waals surface area contributed by atoms with Gasteiger partial charge in [0, 0.05) is 65.3 Å². The summed E-state index contributed by atoms with van der Waals surface area (Å²) in [6.45, 7) is 9.99. The van der Waals surface area contributed by atoms with Crippen LogP contribution in [0.25, 0.3) is 0 Å². The monoisotopic (exact) mass is 442 g/mol. The number of benzene rings is 1. The van der Waals surface area contributed by atoms with E-state index in [-0.39, 0.29) is 17.9 Å². The van der Waals surface area contributed by atoms with Crippen molar-refractivity contribution in [3.63, 3.8) is 0 Å². The molecule has 0 saturated carbocycles. The Labute approximate surface area is 192 Å². The van der Waals surface area contributed by atoms with Crippen molar-refractivity contribution in [2.45, 2.75) is 45.7 Å². The molecule has 0 aliphatic carbocycles. The van der Waals surface area contributed by atoms with Crippen LogP contribution in [-0.4, -0.2) is 91.4 Å². The molecule has 1 aromatic rings. The van der Waals surface area contributed by atoms with Gasteiger partial charge in [-0.1, -0.05) is 24.3 Å². The molecule has 8 heteroatoms. The predicted octanol–water partition coefficient (Wildman–Crippen LogP) is 1.07. The summed E-state index contributed by atoms with van der Waals surface area (Å²) in [6, 6.07) is 8.56. The minimum atomic E-state index is 0.0813. The van der Waals surface area contributed by atoms with Gasteiger partial charge < -0.3 is 20.4 Å². The lowest BCUT2D eigenvalue weighted by Crippen LogP contribution is -2.54. The van der Waals surface area contributed by atoms with Gasteiger partial charge >= 0.3 is 0 Å². The minimum Gasteiger partial charge on any atom is -0.356 e. The van der Waals surface area contributed by atoms with E-state index in [0.717, 1.165) is 64.6 Å². The summed E-state index contributed by atoms with van der Waals surface area (Å²) >= 11 is 0. The fourth-order valence-electron chi connectivity index (χ4n) is 4.33. The number of carbonyl (C=O) groups is 2. The van der Waals surface area contributed by atoms with E-state index in [0.29, 0.717) is 13.0 Å². The number of amides is 2. The van der Waals surface area contributed by atoms with Crippen LogP contribution in [0.1, 0.15) is 37.8 Å². The van der Waals surface area contributed by atoms with Gasteiger partial charge in [-0.05, 0) is 37.8 Å². The Balaban J connectivity index is 1.34. The second-order valence-corrected chi connectivity index (χ2v) is 8.90. The minimum absolute atomic E-state index is 0.0813. The van der Waals surface area contributed by atoms with E-state index >= 15 is 0 Å². The van der Waals surface area contributed by atoms with Gasteiger partial charge in [0.25, 0.3) is 0 Å². The summed E-state index contributed by atoms with van der Waals surface area (Å²) in [4.78, 5) is 35.4. The van der Waals surface area contributed by atoms with Gasteiger partial charge in [0.05, 0.1) is 6.54 Å². The van der Waals surface area contributed by atoms with E-state index < -0.39 is 0 Å². The lowest BCUT2D eigenvalue weighted by atomic mass is 9.99. The number of fused-ring (bicyclic) bond motifs is 1. The first-order chi connectivity index (χ1) is 15.5. The van der Waals surface area contributed by atoms with Crippen LogP contribution >= 0.6 is 0 Å². The van der Waals surface area contributed by atoms with E-state index in [2.05, 4.69) is 43.6 Å². The van der Waals surface area contributed by atoms with Gasteiger partial charge in [-0.2, -0.15) is 0 Å². The number of hydrogen-bond donors (Lipinski definition) is 2. The normalized spacial score (nSPS) is 17.3. The highest BCUT2D eigenvalue weighted by atomic mass is 16.2. The molecule has 2 aliphatic heterocycles. The average Bonchev–Trinajstić information content (AvgIpc) is 2.79. The maximum Gasteiger partial charge on any atom is 0.234 e. The summed E-state index contributed by atoms with van der Waals surface area (Å²) in [7, 11) is 1.79. The largest absolute Gasteiger partial charge is 0.356 e. The smallest absolute Gasteiger partial charge is 0.234 e. The third-order valence-corrected chi connectivity index (χ3v) is 6.03. The van der Waals surface area contributed by atoms with Crippen LogP contribution in [0.5, 0.6) is 0 Å².